The molecule has 1 aromatic heterocycles. The maximum Gasteiger partial charge on any atom is 0.205 e. The first-order valence-corrected chi connectivity index (χ1v) is 10.5. The number of hydrogen-bond donors (Lipinski definition) is 0. The van der Waals surface area contributed by atoms with Gasteiger partial charge in [-0.15, -0.1) is 0 Å². The second-order valence-electron chi connectivity index (χ2n) is 8.24. The Morgan fingerprint density at radius 3 is 2.48 bits per heavy atom. The van der Waals surface area contributed by atoms with Crippen LogP contribution in [0.3, 0.4) is 0 Å². The Bertz CT molecular complexity index is 1140. The third kappa shape index (κ3) is 4.17. The maximum absolute atomic E-state index is 14.7. The monoisotopic (exact) mass is 426 g/mol. The number of piperidine rings is 1. The maximum atomic E-state index is 14.7. The lowest BCUT2D eigenvalue weighted by Crippen LogP contribution is -2.32. The number of rotatable bonds is 5. The van der Waals surface area contributed by atoms with E-state index in [2.05, 4.69) is 17.0 Å². The zero-order valence-corrected chi connectivity index (χ0v) is 17.7. The van der Waals surface area contributed by atoms with E-state index in [1.165, 1.54) is 25.6 Å². The van der Waals surface area contributed by atoms with Crippen molar-refractivity contribution in [2.75, 3.05) is 13.1 Å². The van der Waals surface area contributed by atoms with Gasteiger partial charge in [0, 0.05) is 19.2 Å². The second kappa shape index (κ2) is 8.71. The van der Waals surface area contributed by atoms with Crippen molar-refractivity contribution in [3.63, 3.8) is 0 Å². The van der Waals surface area contributed by atoms with Gasteiger partial charge in [0.05, 0.1) is 16.5 Å². The molecule has 0 radical (unpaired) electrons. The third-order valence-electron chi connectivity index (χ3n) is 6.19. The largest absolute Gasteiger partial charge is 0.320 e. The minimum atomic E-state index is -0.888. The number of halogens is 3. The van der Waals surface area contributed by atoms with Gasteiger partial charge < -0.3 is 4.57 Å². The molecule has 3 aromatic rings. The predicted octanol–water partition coefficient (Wildman–Crippen LogP) is 5.56. The van der Waals surface area contributed by atoms with Gasteiger partial charge in [0.1, 0.15) is 11.6 Å². The van der Waals surface area contributed by atoms with E-state index >= 15 is 0 Å². The molecule has 1 aliphatic rings. The van der Waals surface area contributed by atoms with Crippen LogP contribution in [0.25, 0.3) is 10.9 Å². The quantitative estimate of drug-likeness (QED) is 0.395. The molecule has 1 fully saturated rings. The first kappa shape index (κ1) is 21.4. The zero-order chi connectivity index (χ0) is 22.1. The van der Waals surface area contributed by atoms with E-state index in [4.69, 9.17) is 0 Å². The van der Waals surface area contributed by atoms with E-state index < -0.39 is 23.4 Å². The molecule has 0 amide bonds. The molecule has 31 heavy (non-hydrogen) atoms. The third-order valence-corrected chi connectivity index (χ3v) is 6.19. The SMILES string of the molecule is Cc1c(F)cc2c(c1F)c(C(=O)C=CC1CCN(Cc3ccccc3)CC1)c(F)n2C. The van der Waals surface area contributed by atoms with Gasteiger partial charge in [0.25, 0.3) is 0 Å². The molecule has 0 spiro atoms. The highest BCUT2D eigenvalue weighted by Gasteiger charge is 2.26. The molecule has 3 nitrogen and oxygen atoms in total. The average molecular weight is 426 g/mol. The summed E-state index contributed by atoms with van der Waals surface area (Å²) in [5, 5.41) is -0.161. The van der Waals surface area contributed by atoms with E-state index in [1.807, 2.05) is 18.2 Å². The summed E-state index contributed by atoms with van der Waals surface area (Å²) in [6, 6.07) is 11.3. The van der Waals surface area contributed by atoms with Gasteiger partial charge in [0.15, 0.2) is 5.78 Å². The van der Waals surface area contributed by atoms with Crippen LogP contribution in [0.1, 0.15) is 34.3 Å². The molecule has 6 heteroatoms. The summed E-state index contributed by atoms with van der Waals surface area (Å²) in [6.45, 7) is 4.00. The van der Waals surface area contributed by atoms with Crippen molar-refractivity contribution in [1.29, 1.82) is 0 Å². The normalized spacial score (nSPS) is 15.9. The van der Waals surface area contributed by atoms with E-state index in [1.54, 1.807) is 6.08 Å². The molecular formula is C25H25F3N2O. The molecule has 0 atom stereocenters. The minimum Gasteiger partial charge on any atom is -0.320 e. The molecule has 0 N–H and O–H groups in total. The minimum absolute atomic E-state index is 0.0315. The number of carbonyl (C=O) groups excluding carboxylic acids is 1. The van der Waals surface area contributed by atoms with Crippen LogP contribution in [0.15, 0.2) is 48.6 Å². The van der Waals surface area contributed by atoms with Crippen LogP contribution in [0.2, 0.25) is 0 Å². The Morgan fingerprint density at radius 2 is 1.81 bits per heavy atom. The van der Waals surface area contributed by atoms with Crippen molar-refractivity contribution in [3.8, 4) is 0 Å². The van der Waals surface area contributed by atoms with Gasteiger partial charge in [-0.25, -0.2) is 8.78 Å². The van der Waals surface area contributed by atoms with Crippen molar-refractivity contribution in [3.05, 3.63) is 82.8 Å². The van der Waals surface area contributed by atoms with E-state index in [0.29, 0.717) is 0 Å². The molecular weight excluding hydrogens is 401 g/mol. The van der Waals surface area contributed by atoms with Gasteiger partial charge in [-0.3, -0.25) is 9.69 Å². The zero-order valence-electron chi connectivity index (χ0n) is 17.7. The van der Waals surface area contributed by atoms with E-state index in [9.17, 15) is 18.0 Å². The number of allylic oxidation sites excluding steroid dienone is 2. The van der Waals surface area contributed by atoms with Crippen molar-refractivity contribution in [1.82, 2.24) is 9.47 Å². The lowest BCUT2D eigenvalue weighted by molar-refractivity contribution is 0.104. The molecule has 0 bridgehead atoms. The fourth-order valence-electron chi connectivity index (χ4n) is 4.26. The van der Waals surface area contributed by atoms with Crippen LogP contribution >= 0.6 is 0 Å². The first-order chi connectivity index (χ1) is 14.9. The lowest BCUT2D eigenvalue weighted by atomic mass is 9.95. The Hall–Kier alpha value is -2.86. The van der Waals surface area contributed by atoms with E-state index in [0.717, 1.165) is 43.1 Å². The van der Waals surface area contributed by atoms with Crippen molar-refractivity contribution in [2.45, 2.75) is 26.3 Å². The molecule has 0 saturated carbocycles. The average Bonchev–Trinajstić information content (AvgIpc) is 3.02. The van der Waals surface area contributed by atoms with Crippen LogP contribution in [-0.2, 0) is 13.6 Å². The number of aromatic nitrogens is 1. The summed E-state index contributed by atoms with van der Waals surface area (Å²) in [5.74, 6) is -2.90. The van der Waals surface area contributed by atoms with Crippen LogP contribution in [0, 0.1) is 30.4 Å². The summed E-state index contributed by atoms with van der Waals surface area (Å²) in [7, 11) is 1.36. The van der Waals surface area contributed by atoms with Gasteiger partial charge in [-0.05, 0) is 56.5 Å². The summed E-state index contributed by atoms with van der Waals surface area (Å²) >= 11 is 0. The van der Waals surface area contributed by atoms with Gasteiger partial charge in [-0.2, -0.15) is 4.39 Å². The van der Waals surface area contributed by atoms with Gasteiger partial charge >= 0.3 is 0 Å². The molecule has 0 aliphatic carbocycles. The fraction of sp³-hybridized carbons (Fsp3) is 0.320. The highest BCUT2D eigenvalue weighted by Crippen LogP contribution is 2.31. The number of fused-ring (bicyclic) bond motifs is 1. The van der Waals surface area contributed by atoms with E-state index in [-0.39, 0.29) is 27.9 Å². The molecule has 1 saturated heterocycles. The second-order valence-corrected chi connectivity index (χ2v) is 8.24. The summed E-state index contributed by atoms with van der Waals surface area (Å²) in [6.07, 6.45) is 4.93. The molecule has 2 heterocycles. The molecule has 162 valence electrons. The summed E-state index contributed by atoms with van der Waals surface area (Å²) in [4.78, 5) is 15.2. The molecule has 0 unspecified atom stereocenters. The Kier molecular flexibility index (Phi) is 6.01. The number of hydrogen-bond acceptors (Lipinski definition) is 2. The number of ketones is 1. The first-order valence-electron chi connectivity index (χ1n) is 10.5. The van der Waals surface area contributed by atoms with Crippen molar-refractivity contribution >= 4 is 16.7 Å². The lowest BCUT2D eigenvalue weighted by Gasteiger charge is -2.30. The Labute approximate surface area is 179 Å². The van der Waals surface area contributed by atoms with Crippen LogP contribution < -0.4 is 0 Å². The predicted molar refractivity (Wildman–Crippen MR) is 115 cm³/mol. The summed E-state index contributed by atoms with van der Waals surface area (Å²) in [5.41, 5.74) is 0.744. The smallest absolute Gasteiger partial charge is 0.205 e. The highest BCUT2D eigenvalue weighted by molar-refractivity contribution is 6.14. The van der Waals surface area contributed by atoms with Crippen LogP contribution in [0.5, 0.6) is 0 Å². The van der Waals surface area contributed by atoms with Gasteiger partial charge in [0.2, 0.25) is 5.95 Å². The molecule has 1 aliphatic heterocycles. The number of likely N-dealkylation sites (tertiary alicyclic amines) is 1. The van der Waals surface area contributed by atoms with Crippen LogP contribution in [-0.4, -0.2) is 28.3 Å². The highest BCUT2D eigenvalue weighted by atomic mass is 19.1. The van der Waals surface area contributed by atoms with Crippen LogP contribution in [0.4, 0.5) is 13.2 Å². The molecule has 2 aromatic carbocycles. The van der Waals surface area contributed by atoms with Gasteiger partial charge in [-0.1, -0.05) is 36.4 Å². The molecule has 4 rings (SSSR count). The number of benzene rings is 2. The Balaban J connectivity index is 1.47. The number of nitrogens with zero attached hydrogens (tertiary/aromatic N) is 2. The van der Waals surface area contributed by atoms with Crippen molar-refractivity contribution < 1.29 is 18.0 Å². The topological polar surface area (TPSA) is 25.2 Å². The number of carbonyl (C=O) groups is 1. The fourth-order valence-corrected chi connectivity index (χ4v) is 4.26. The summed E-state index contributed by atoms with van der Waals surface area (Å²) < 4.78 is 44.4. The Morgan fingerprint density at radius 1 is 1.13 bits per heavy atom. The van der Waals surface area contributed by atoms with Crippen molar-refractivity contribution in [2.24, 2.45) is 13.0 Å². The number of aryl methyl sites for hydroxylation is 1. The standard InChI is InChI=1S/C25H25F3N2O/c1-16-19(26)14-20-22(24(16)27)23(25(28)29(20)2)21(31)9-8-17-10-12-30(13-11-17)15-18-6-4-3-5-7-18/h3-9,14,17H,10-13,15H2,1-2H3.